The van der Waals surface area contributed by atoms with Crippen LogP contribution in [0.4, 0.5) is 5.82 Å². The Balaban J connectivity index is 2.00. The number of aryl methyl sites for hydroxylation is 2. The monoisotopic (exact) mass is 282 g/mol. The Kier molecular flexibility index (Phi) is 3.43. The van der Waals surface area contributed by atoms with Crippen molar-refractivity contribution in [3.63, 3.8) is 0 Å². The fraction of sp³-hybridized carbons (Fsp3) is 0.526. The summed E-state index contributed by atoms with van der Waals surface area (Å²) in [7, 11) is 0. The smallest absolute Gasteiger partial charge is 0.129 e. The molecule has 0 saturated carbocycles. The van der Waals surface area contributed by atoms with Gasteiger partial charge in [-0.15, -0.1) is 0 Å². The summed E-state index contributed by atoms with van der Waals surface area (Å²) in [6.07, 6.45) is 1.25. The molecule has 1 aliphatic heterocycles. The molecule has 1 fully saturated rings. The van der Waals surface area contributed by atoms with Crippen molar-refractivity contribution < 1.29 is 0 Å². The molecular weight excluding hydrogens is 256 g/mol. The molecule has 2 heteroatoms. The number of rotatable bonds is 1. The zero-order chi connectivity index (χ0) is 15.2. The Hall–Kier alpha value is -1.57. The number of piperidine rings is 1. The SMILES string of the molecule is Cc1ccc(C)c2nc(N3CCC(C)C(C)(C)C3)ccc12. The van der Waals surface area contributed by atoms with Gasteiger partial charge in [-0.3, -0.25) is 0 Å². The van der Waals surface area contributed by atoms with Crippen molar-refractivity contribution >= 4 is 16.7 Å². The van der Waals surface area contributed by atoms with Crippen LogP contribution in [0.15, 0.2) is 24.3 Å². The lowest BCUT2D eigenvalue weighted by Gasteiger charge is -2.43. The van der Waals surface area contributed by atoms with E-state index in [0.29, 0.717) is 5.41 Å². The molecule has 1 aliphatic rings. The minimum absolute atomic E-state index is 0.358. The van der Waals surface area contributed by atoms with Crippen LogP contribution in [0.2, 0.25) is 0 Å². The normalized spacial score (nSPS) is 21.8. The summed E-state index contributed by atoms with van der Waals surface area (Å²) < 4.78 is 0. The zero-order valence-electron chi connectivity index (χ0n) is 13.9. The van der Waals surface area contributed by atoms with E-state index in [4.69, 9.17) is 4.98 Å². The van der Waals surface area contributed by atoms with Crippen molar-refractivity contribution in [2.45, 2.75) is 41.0 Å². The molecule has 2 heterocycles. The first-order valence-electron chi connectivity index (χ1n) is 8.00. The maximum absolute atomic E-state index is 4.98. The highest BCUT2D eigenvalue weighted by atomic mass is 15.2. The van der Waals surface area contributed by atoms with Crippen LogP contribution in [0.3, 0.4) is 0 Å². The van der Waals surface area contributed by atoms with Gasteiger partial charge in [0, 0.05) is 18.5 Å². The highest BCUT2D eigenvalue weighted by Crippen LogP contribution is 2.36. The molecule has 1 saturated heterocycles. The van der Waals surface area contributed by atoms with Gasteiger partial charge in [0.25, 0.3) is 0 Å². The first-order valence-corrected chi connectivity index (χ1v) is 8.00. The summed E-state index contributed by atoms with van der Waals surface area (Å²) in [6.45, 7) is 13.7. The quantitative estimate of drug-likeness (QED) is 0.752. The van der Waals surface area contributed by atoms with E-state index in [1.165, 1.54) is 22.9 Å². The Morgan fingerprint density at radius 2 is 1.81 bits per heavy atom. The average molecular weight is 282 g/mol. The van der Waals surface area contributed by atoms with Crippen molar-refractivity contribution in [1.29, 1.82) is 0 Å². The molecule has 1 atom stereocenters. The van der Waals surface area contributed by atoms with Gasteiger partial charge in [-0.05, 0) is 54.9 Å². The van der Waals surface area contributed by atoms with E-state index in [1.807, 2.05) is 0 Å². The highest BCUT2D eigenvalue weighted by Gasteiger charge is 2.33. The van der Waals surface area contributed by atoms with Crippen LogP contribution in [0.25, 0.3) is 10.9 Å². The van der Waals surface area contributed by atoms with E-state index >= 15 is 0 Å². The Morgan fingerprint density at radius 3 is 2.52 bits per heavy atom. The molecule has 1 unspecified atom stereocenters. The number of benzene rings is 1. The summed E-state index contributed by atoms with van der Waals surface area (Å²) in [5, 5.41) is 1.28. The number of hydrogen-bond donors (Lipinski definition) is 0. The van der Waals surface area contributed by atoms with Gasteiger partial charge in [0.1, 0.15) is 5.82 Å². The van der Waals surface area contributed by atoms with Crippen LogP contribution in [0, 0.1) is 25.2 Å². The molecule has 0 N–H and O–H groups in total. The van der Waals surface area contributed by atoms with Crippen LogP contribution in [0.1, 0.15) is 38.3 Å². The van der Waals surface area contributed by atoms with Gasteiger partial charge >= 0.3 is 0 Å². The summed E-state index contributed by atoms with van der Waals surface area (Å²) >= 11 is 0. The van der Waals surface area contributed by atoms with E-state index in [-0.39, 0.29) is 0 Å². The van der Waals surface area contributed by atoms with Crippen molar-refractivity contribution in [2.75, 3.05) is 18.0 Å². The van der Waals surface area contributed by atoms with E-state index in [0.717, 1.165) is 30.3 Å². The van der Waals surface area contributed by atoms with Gasteiger partial charge in [-0.2, -0.15) is 0 Å². The van der Waals surface area contributed by atoms with Crippen LogP contribution in [0.5, 0.6) is 0 Å². The van der Waals surface area contributed by atoms with E-state index < -0.39 is 0 Å². The third-order valence-electron chi connectivity index (χ3n) is 5.35. The molecule has 0 amide bonds. The number of fused-ring (bicyclic) bond motifs is 1. The van der Waals surface area contributed by atoms with E-state index in [1.54, 1.807) is 0 Å². The Labute approximate surface area is 128 Å². The summed E-state index contributed by atoms with van der Waals surface area (Å²) in [5.41, 5.74) is 4.09. The number of hydrogen-bond acceptors (Lipinski definition) is 2. The van der Waals surface area contributed by atoms with Crippen LogP contribution in [-0.4, -0.2) is 18.1 Å². The van der Waals surface area contributed by atoms with Crippen LogP contribution in [-0.2, 0) is 0 Å². The first-order chi connectivity index (χ1) is 9.88. The van der Waals surface area contributed by atoms with E-state index in [2.05, 4.69) is 63.8 Å². The third kappa shape index (κ3) is 2.52. The van der Waals surface area contributed by atoms with Crippen molar-refractivity contribution in [3.05, 3.63) is 35.4 Å². The fourth-order valence-electron chi connectivity index (χ4n) is 3.33. The summed E-state index contributed by atoms with van der Waals surface area (Å²) in [5.74, 6) is 1.91. The molecule has 0 bridgehead atoms. The van der Waals surface area contributed by atoms with E-state index in [9.17, 15) is 0 Å². The second-order valence-electron chi connectivity index (χ2n) is 7.36. The zero-order valence-corrected chi connectivity index (χ0v) is 13.9. The average Bonchev–Trinajstić information content (AvgIpc) is 2.45. The summed E-state index contributed by atoms with van der Waals surface area (Å²) in [6, 6.07) is 8.80. The molecule has 112 valence electrons. The minimum Gasteiger partial charge on any atom is -0.356 e. The van der Waals surface area contributed by atoms with Crippen LogP contribution < -0.4 is 4.90 Å². The van der Waals surface area contributed by atoms with Gasteiger partial charge in [-0.1, -0.05) is 32.9 Å². The highest BCUT2D eigenvalue weighted by molar-refractivity contribution is 5.86. The topological polar surface area (TPSA) is 16.1 Å². The molecule has 1 aromatic heterocycles. The minimum atomic E-state index is 0.358. The van der Waals surface area contributed by atoms with Crippen molar-refractivity contribution in [2.24, 2.45) is 11.3 Å². The molecule has 2 aromatic rings. The number of anilines is 1. The Bertz CT molecular complexity index is 673. The van der Waals surface area contributed by atoms with Crippen molar-refractivity contribution in [3.8, 4) is 0 Å². The number of pyridine rings is 1. The fourth-order valence-corrected chi connectivity index (χ4v) is 3.33. The molecule has 1 aromatic carbocycles. The molecule has 21 heavy (non-hydrogen) atoms. The molecular formula is C19H26N2. The van der Waals surface area contributed by atoms with Gasteiger partial charge in [0.2, 0.25) is 0 Å². The molecule has 2 nitrogen and oxygen atoms in total. The lowest BCUT2D eigenvalue weighted by atomic mass is 9.75. The molecule has 0 radical (unpaired) electrons. The maximum Gasteiger partial charge on any atom is 0.129 e. The molecule has 0 aliphatic carbocycles. The van der Waals surface area contributed by atoms with Crippen LogP contribution >= 0.6 is 0 Å². The number of nitrogens with zero attached hydrogens (tertiary/aromatic N) is 2. The largest absolute Gasteiger partial charge is 0.356 e. The van der Waals surface area contributed by atoms with Crippen molar-refractivity contribution in [1.82, 2.24) is 4.98 Å². The Morgan fingerprint density at radius 1 is 1.10 bits per heavy atom. The van der Waals surface area contributed by atoms with Gasteiger partial charge in [-0.25, -0.2) is 4.98 Å². The predicted molar refractivity (Wildman–Crippen MR) is 91.0 cm³/mol. The second kappa shape index (κ2) is 5.01. The molecule has 0 spiro atoms. The van der Waals surface area contributed by atoms with Gasteiger partial charge in [0.15, 0.2) is 0 Å². The summed E-state index contributed by atoms with van der Waals surface area (Å²) in [4.78, 5) is 7.44. The van der Waals surface area contributed by atoms with Gasteiger partial charge < -0.3 is 4.90 Å². The number of aromatic nitrogens is 1. The standard InChI is InChI=1S/C19H26N2/c1-13-6-7-14(2)18-16(13)8-9-17(20-18)21-11-10-15(3)19(4,5)12-21/h6-9,15H,10-12H2,1-5H3. The molecule has 3 rings (SSSR count). The predicted octanol–water partition coefficient (Wildman–Crippen LogP) is 4.72. The maximum atomic E-state index is 4.98. The third-order valence-corrected chi connectivity index (χ3v) is 5.35. The van der Waals surface area contributed by atoms with Gasteiger partial charge in [0.05, 0.1) is 5.52 Å². The first kappa shape index (κ1) is 14.4. The lowest BCUT2D eigenvalue weighted by Crippen LogP contribution is -2.45. The second-order valence-corrected chi connectivity index (χ2v) is 7.36. The lowest BCUT2D eigenvalue weighted by molar-refractivity contribution is 0.193.